The minimum atomic E-state index is -0.267. The van der Waals surface area contributed by atoms with E-state index in [0.29, 0.717) is 6.54 Å². The summed E-state index contributed by atoms with van der Waals surface area (Å²) in [5.74, 6) is 0.956. The van der Waals surface area contributed by atoms with E-state index in [-0.39, 0.29) is 11.7 Å². The summed E-state index contributed by atoms with van der Waals surface area (Å²) in [6.45, 7) is 3.01. The summed E-state index contributed by atoms with van der Waals surface area (Å²) >= 11 is 0. The Labute approximate surface area is 103 Å². The molecule has 0 aliphatic carbocycles. The lowest BCUT2D eigenvalue weighted by Gasteiger charge is -2.17. The zero-order valence-electron chi connectivity index (χ0n) is 9.72. The summed E-state index contributed by atoms with van der Waals surface area (Å²) in [5.41, 5.74) is 0.999. The highest BCUT2D eigenvalue weighted by atomic mass is 16.5. The second kappa shape index (κ2) is 4.61. The fourth-order valence-electron chi connectivity index (χ4n) is 1.99. The highest BCUT2D eigenvalue weighted by molar-refractivity contribution is 5.91. The van der Waals surface area contributed by atoms with Gasteiger partial charge in [0.05, 0.1) is 31.2 Å². The number of amides is 1. The summed E-state index contributed by atoms with van der Waals surface area (Å²) < 4.78 is 6.91. The predicted octanol–water partition coefficient (Wildman–Crippen LogP) is -0.0957. The fraction of sp³-hybridized carbons (Fsp3) is 0.364. The van der Waals surface area contributed by atoms with Crippen molar-refractivity contribution in [1.82, 2.24) is 25.3 Å². The second-order valence-electron chi connectivity index (χ2n) is 4.05. The van der Waals surface area contributed by atoms with Crippen LogP contribution in [0.5, 0.6) is 0 Å². The molecule has 0 unspecified atom stereocenters. The van der Waals surface area contributed by atoms with Gasteiger partial charge in [-0.05, 0) is 0 Å². The van der Waals surface area contributed by atoms with Crippen molar-refractivity contribution in [2.75, 3.05) is 6.54 Å². The molecule has 0 saturated heterocycles. The number of rotatable bonds is 3. The number of hydrogen-bond donors (Lipinski definition) is 2. The van der Waals surface area contributed by atoms with Crippen LogP contribution in [0.4, 0.5) is 0 Å². The molecule has 1 aliphatic heterocycles. The zero-order valence-corrected chi connectivity index (χ0v) is 9.72. The average molecular weight is 247 g/mol. The van der Waals surface area contributed by atoms with Gasteiger partial charge in [0.2, 0.25) is 5.76 Å². The Morgan fingerprint density at radius 1 is 1.61 bits per heavy atom. The second-order valence-corrected chi connectivity index (χ2v) is 4.05. The minimum absolute atomic E-state index is 0.218. The van der Waals surface area contributed by atoms with Crippen LogP contribution in [0.25, 0.3) is 0 Å². The monoisotopic (exact) mass is 247 g/mol. The molecule has 0 saturated carbocycles. The number of imidazole rings is 1. The maximum atomic E-state index is 11.7. The van der Waals surface area contributed by atoms with Crippen LogP contribution in [-0.4, -0.2) is 27.2 Å². The van der Waals surface area contributed by atoms with E-state index in [9.17, 15) is 4.79 Å². The van der Waals surface area contributed by atoms with Crippen LogP contribution in [0.3, 0.4) is 0 Å². The third-order valence-electron chi connectivity index (χ3n) is 2.91. The molecule has 3 heterocycles. The molecule has 0 bridgehead atoms. The summed E-state index contributed by atoms with van der Waals surface area (Å²) in [4.78, 5) is 16.0. The molecule has 0 spiro atoms. The number of nitrogens with zero attached hydrogens (tertiary/aromatic N) is 3. The Morgan fingerprint density at radius 2 is 2.56 bits per heavy atom. The van der Waals surface area contributed by atoms with Gasteiger partial charge in [-0.2, -0.15) is 0 Å². The molecule has 7 heteroatoms. The smallest absolute Gasteiger partial charge is 0.290 e. The average Bonchev–Trinajstić information content (AvgIpc) is 3.06. The first-order chi connectivity index (χ1) is 8.84. The highest BCUT2D eigenvalue weighted by Gasteiger charge is 2.15. The van der Waals surface area contributed by atoms with Gasteiger partial charge >= 0.3 is 0 Å². The van der Waals surface area contributed by atoms with Gasteiger partial charge < -0.3 is 19.7 Å². The quantitative estimate of drug-likeness (QED) is 0.791. The lowest BCUT2D eigenvalue weighted by molar-refractivity contribution is 0.0913. The van der Waals surface area contributed by atoms with Crippen molar-refractivity contribution in [2.24, 2.45) is 0 Å². The Bertz CT molecular complexity index is 546. The number of hydrogen-bond acceptors (Lipinski definition) is 5. The van der Waals surface area contributed by atoms with Crippen LogP contribution in [0.2, 0.25) is 0 Å². The Balaban J connectivity index is 1.67. The first kappa shape index (κ1) is 11.0. The van der Waals surface area contributed by atoms with Gasteiger partial charge in [0.1, 0.15) is 5.82 Å². The molecular formula is C11H13N5O2. The molecule has 3 rings (SSSR count). The van der Waals surface area contributed by atoms with E-state index in [2.05, 4.69) is 25.3 Å². The summed E-state index contributed by atoms with van der Waals surface area (Å²) in [5, 5.41) is 9.53. The predicted molar refractivity (Wildman–Crippen MR) is 61.6 cm³/mol. The molecule has 2 aromatic rings. The zero-order chi connectivity index (χ0) is 12.4. The lowest BCUT2D eigenvalue weighted by atomic mass is 10.3. The first-order valence-electron chi connectivity index (χ1n) is 5.77. The van der Waals surface area contributed by atoms with E-state index in [1.165, 1.54) is 12.3 Å². The van der Waals surface area contributed by atoms with Crippen LogP contribution in [-0.2, 0) is 19.6 Å². The number of aromatic nitrogens is 3. The number of carbonyl (C=O) groups excluding carboxylic acids is 1. The van der Waals surface area contributed by atoms with Gasteiger partial charge in [-0.1, -0.05) is 5.16 Å². The van der Waals surface area contributed by atoms with Gasteiger partial charge in [0.15, 0.2) is 0 Å². The SMILES string of the molecule is O=C(NCc1cnc2n1CCNC2)c1ccno1. The van der Waals surface area contributed by atoms with Gasteiger partial charge in [0, 0.05) is 19.2 Å². The molecule has 0 radical (unpaired) electrons. The highest BCUT2D eigenvalue weighted by Crippen LogP contribution is 2.08. The number of carbonyl (C=O) groups is 1. The molecule has 7 nitrogen and oxygen atoms in total. The van der Waals surface area contributed by atoms with Gasteiger partial charge in [-0.25, -0.2) is 4.98 Å². The van der Waals surface area contributed by atoms with Crippen LogP contribution in [0.15, 0.2) is 23.0 Å². The van der Waals surface area contributed by atoms with Gasteiger partial charge in [-0.3, -0.25) is 4.79 Å². The van der Waals surface area contributed by atoms with Crippen LogP contribution in [0, 0.1) is 0 Å². The van der Waals surface area contributed by atoms with E-state index in [4.69, 9.17) is 4.52 Å². The topological polar surface area (TPSA) is 85.0 Å². The summed E-state index contributed by atoms with van der Waals surface area (Å²) in [6.07, 6.45) is 3.24. The molecule has 1 aliphatic rings. The maximum absolute atomic E-state index is 11.7. The van der Waals surface area contributed by atoms with E-state index >= 15 is 0 Å². The van der Waals surface area contributed by atoms with Crippen molar-refractivity contribution in [3.05, 3.63) is 35.7 Å². The van der Waals surface area contributed by atoms with Crippen molar-refractivity contribution in [2.45, 2.75) is 19.6 Å². The van der Waals surface area contributed by atoms with Gasteiger partial charge in [-0.15, -0.1) is 0 Å². The van der Waals surface area contributed by atoms with Crippen molar-refractivity contribution in [3.63, 3.8) is 0 Å². The Kier molecular flexibility index (Phi) is 2.81. The third-order valence-corrected chi connectivity index (χ3v) is 2.91. The van der Waals surface area contributed by atoms with Crippen molar-refractivity contribution < 1.29 is 9.32 Å². The molecule has 18 heavy (non-hydrogen) atoms. The summed E-state index contributed by atoms with van der Waals surface area (Å²) in [7, 11) is 0. The van der Waals surface area contributed by atoms with Crippen LogP contribution in [0.1, 0.15) is 22.1 Å². The molecule has 2 N–H and O–H groups in total. The Hall–Kier alpha value is -2.15. The van der Waals surface area contributed by atoms with Crippen molar-refractivity contribution in [3.8, 4) is 0 Å². The molecule has 2 aromatic heterocycles. The van der Waals surface area contributed by atoms with E-state index in [1.54, 1.807) is 6.20 Å². The molecule has 1 amide bonds. The lowest BCUT2D eigenvalue weighted by Crippen LogP contribution is -2.31. The van der Waals surface area contributed by atoms with Crippen molar-refractivity contribution >= 4 is 5.91 Å². The van der Waals surface area contributed by atoms with Gasteiger partial charge in [0.25, 0.3) is 5.91 Å². The van der Waals surface area contributed by atoms with Crippen molar-refractivity contribution in [1.29, 1.82) is 0 Å². The standard InChI is InChI=1S/C11H13N5O2/c17-11(9-1-2-15-18-9)14-6-8-5-13-10-7-12-3-4-16(8)10/h1-2,5,12H,3-4,6-7H2,(H,14,17). The molecule has 0 aromatic carbocycles. The molecule has 94 valence electrons. The van der Waals surface area contributed by atoms with Crippen LogP contribution >= 0.6 is 0 Å². The normalized spacial score (nSPS) is 14.2. The van der Waals surface area contributed by atoms with E-state index in [0.717, 1.165) is 31.2 Å². The largest absolute Gasteiger partial charge is 0.351 e. The number of fused-ring (bicyclic) bond motifs is 1. The Morgan fingerprint density at radius 3 is 3.39 bits per heavy atom. The minimum Gasteiger partial charge on any atom is -0.351 e. The molecule has 0 fully saturated rings. The maximum Gasteiger partial charge on any atom is 0.290 e. The fourth-order valence-corrected chi connectivity index (χ4v) is 1.99. The first-order valence-corrected chi connectivity index (χ1v) is 5.77. The van der Waals surface area contributed by atoms with E-state index in [1.807, 2.05) is 0 Å². The number of nitrogens with one attached hydrogen (secondary N) is 2. The molecular weight excluding hydrogens is 234 g/mol. The summed E-state index contributed by atoms with van der Waals surface area (Å²) in [6, 6.07) is 1.53. The van der Waals surface area contributed by atoms with Crippen LogP contribution < -0.4 is 10.6 Å². The third kappa shape index (κ3) is 2.00. The van der Waals surface area contributed by atoms with E-state index < -0.39 is 0 Å². The molecule has 0 atom stereocenters.